The minimum Gasteiger partial charge on any atom is -0.493 e. The first-order valence-electron chi connectivity index (χ1n) is 7.36. The van der Waals surface area contributed by atoms with Crippen LogP contribution in [0.3, 0.4) is 0 Å². The molecule has 0 atom stereocenters. The van der Waals surface area contributed by atoms with E-state index in [1.54, 1.807) is 6.07 Å². The first-order valence-corrected chi connectivity index (χ1v) is 8.35. The third kappa shape index (κ3) is 2.53. The van der Waals surface area contributed by atoms with Crippen molar-refractivity contribution in [2.75, 3.05) is 11.9 Å². The number of anilines is 1. The molecule has 0 aromatic heterocycles. The molecule has 2 aromatic rings. The van der Waals surface area contributed by atoms with Gasteiger partial charge in [0.25, 0.3) is 5.24 Å². The largest absolute Gasteiger partial charge is 0.493 e. The van der Waals surface area contributed by atoms with Crippen LogP contribution in [0.4, 0.5) is 23.7 Å². The minimum absolute atomic E-state index is 0.0949. The summed E-state index contributed by atoms with van der Waals surface area (Å²) in [5, 5.41) is 2.72. The number of alkyl halides is 3. The molecule has 2 aliphatic rings. The van der Waals surface area contributed by atoms with Gasteiger partial charge in [0.05, 0.1) is 12.2 Å². The Morgan fingerprint density at radius 1 is 1.08 bits per heavy atom. The van der Waals surface area contributed by atoms with E-state index in [9.17, 15) is 18.0 Å². The van der Waals surface area contributed by atoms with Crippen LogP contribution in [0, 0.1) is 0 Å². The maximum absolute atomic E-state index is 12.9. The number of benzene rings is 2. The number of amides is 1. The maximum atomic E-state index is 12.9. The Morgan fingerprint density at radius 3 is 2.67 bits per heavy atom. The Kier molecular flexibility index (Phi) is 3.49. The highest BCUT2D eigenvalue weighted by molar-refractivity contribution is 8.13. The number of thioether (sulfide) groups is 1. The number of hydrogen-bond donors (Lipinski definition) is 1. The van der Waals surface area contributed by atoms with Gasteiger partial charge in [-0.25, -0.2) is 0 Å². The van der Waals surface area contributed by atoms with Gasteiger partial charge in [-0.05, 0) is 34.9 Å². The Morgan fingerprint density at radius 2 is 1.88 bits per heavy atom. The number of halogens is 3. The van der Waals surface area contributed by atoms with Gasteiger partial charge >= 0.3 is 6.18 Å². The molecule has 0 saturated carbocycles. The summed E-state index contributed by atoms with van der Waals surface area (Å²) in [5.41, 5.74) is 3.62. The second-order valence-corrected chi connectivity index (χ2v) is 6.57. The van der Waals surface area contributed by atoms with Gasteiger partial charge in [-0.2, -0.15) is 13.2 Å². The molecule has 0 radical (unpaired) electrons. The molecule has 24 heavy (non-hydrogen) atoms. The van der Waals surface area contributed by atoms with E-state index < -0.39 is 11.7 Å². The van der Waals surface area contributed by atoms with E-state index in [1.807, 2.05) is 6.07 Å². The summed E-state index contributed by atoms with van der Waals surface area (Å²) in [6.07, 6.45) is -3.81. The topological polar surface area (TPSA) is 38.3 Å². The zero-order valence-corrected chi connectivity index (χ0v) is 13.2. The van der Waals surface area contributed by atoms with Gasteiger partial charge in [-0.3, -0.25) is 4.79 Å². The van der Waals surface area contributed by atoms with E-state index in [0.717, 1.165) is 34.5 Å². The molecule has 1 N–H and O–H groups in total. The Bertz CT molecular complexity index is 848. The molecule has 4 rings (SSSR count). The summed E-state index contributed by atoms with van der Waals surface area (Å²) in [5.74, 6) is 0.802. The number of nitrogens with one attached hydrogen (secondary N) is 1. The number of rotatable bonds is 0. The van der Waals surface area contributed by atoms with Crippen LogP contribution in [0.2, 0.25) is 0 Å². The van der Waals surface area contributed by atoms with Crippen molar-refractivity contribution in [2.24, 2.45) is 0 Å². The van der Waals surface area contributed by atoms with E-state index in [1.165, 1.54) is 17.8 Å². The van der Waals surface area contributed by atoms with Crippen molar-refractivity contribution >= 4 is 22.7 Å². The van der Waals surface area contributed by atoms with Gasteiger partial charge in [0.15, 0.2) is 0 Å². The Hall–Kier alpha value is -2.15. The normalized spacial score (nSPS) is 16.2. The van der Waals surface area contributed by atoms with E-state index in [0.29, 0.717) is 24.3 Å². The molecule has 0 aliphatic carbocycles. The fourth-order valence-corrected chi connectivity index (χ4v) is 3.89. The van der Waals surface area contributed by atoms with Gasteiger partial charge in [0.2, 0.25) is 0 Å². The lowest BCUT2D eigenvalue weighted by Crippen LogP contribution is -2.15. The molecule has 124 valence electrons. The van der Waals surface area contributed by atoms with E-state index in [2.05, 4.69) is 5.32 Å². The SMILES string of the molecule is O=C1Nc2ccc3c(c2CS1)CCOc1cc(C(F)(F)F)ccc1-3. The fourth-order valence-electron chi connectivity index (χ4n) is 3.10. The van der Waals surface area contributed by atoms with Crippen LogP contribution < -0.4 is 10.1 Å². The zero-order valence-electron chi connectivity index (χ0n) is 12.4. The van der Waals surface area contributed by atoms with Gasteiger partial charge in [-0.1, -0.05) is 23.9 Å². The molecule has 0 bridgehead atoms. The Labute approximate surface area is 140 Å². The van der Waals surface area contributed by atoms with Crippen molar-refractivity contribution in [3.8, 4) is 16.9 Å². The molecule has 0 spiro atoms. The predicted octanol–water partition coefficient (Wildman–Crippen LogP) is 5.09. The van der Waals surface area contributed by atoms with Gasteiger partial charge < -0.3 is 10.1 Å². The summed E-state index contributed by atoms with van der Waals surface area (Å²) >= 11 is 1.19. The molecule has 2 aliphatic heterocycles. The van der Waals surface area contributed by atoms with Crippen molar-refractivity contribution in [2.45, 2.75) is 18.3 Å². The molecule has 7 heteroatoms. The standard InChI is InChI=1S/C17H12F3NO2S/c18-17(19,20)9-1-2-12-10-3-4-14-13(8-24-16(22)21-14)11(10)5-6-23-15(12)7-9/h1-4,7H,5-6,8H2,(H,21,22). The van der Waals surface area contributed by atoms with Crippen LogP contribution in [-0.2, 0) is 18.3 Å². The van der Waals surface area contributed by atoms with Crippen LogP contribution in [0.15, 0.2) is 30.3 Å². The lowest BCUT2D eigenvalue weighted by Gasteiger charge is -2.21. The van der Waals surface area contributed by atoms with Crippen molar-refractivity contribution in [3.63, 3.8) is 0 Å². The number of carbonyl (C=O) groups is 1. The quantitative estimate of drug-likeness (QED) is 0.719. The second-order valence-electron chi connectivity index (χ2n) is 5.63. The predicted molar refractivity (Wildman–Crippen MR) is 86.4 cm³/mol. The van der Waals surface area contributed by atoms with Crippen molar-refractivity contribution in [1.29, 1.82) is 0 Å². The highest BCUT2D eigenvalue weighted by atomic mass is 32.2. The number of fused-ring (bicyclic) bond motifs is 5. The lowest BCUT2D eigenvalue weighted by atomic mass is 9.92. The monoisotopic (exact) mass is 351 g/mol. The van der Waals surface area contributed by atoms with Gasteiger partial charge in [0.1, 0.15) is 5.75 Å². The van der Waals surface area contributed by atoms with Crippen molar-refractivity contribution in [3.05, 3.63) is 47.0 Å². The molecule has 0 saturated heterocycles. The zero-order chi connectivity index (χ0) is 16.9. The van der Waals surface area contributed by atoms with Crippen molar-refractivity contribution in [1.82, 2.24) is 0 Å². The van der Waals surface area contributed by atoms with Crippen LogP contribution in [0.1, 0.15) is 16.7 Å². The molecule has 0 fully saturated rings. The van der Waals surface area contributed by atoms with Gasteiger partial charge in [0, 0.05) is 23.4 Å². The highest BCUT2D eigenvalue weighted by Crippen LogP contribution is 2.43. The Balaban J connectivity index is 1.86. The van der Waals surface area contributed by atoms with Crippen LogP contribution in [-0.4, -0.2) is 11.8 Å². The van der Waals surface area contributed by atoms with Crippen molar-refractivity contribution < 1.29 is 22.7 Å². The fraction of sp³-hybridized carbons (Fsp3) is 0.235. The number of hydrogen-bond acceptors (Lipinski definition) is 3. The number of ether oxygens (including phenoxy) is 1. The summed E-state index contributed by atoms with van der Waals surface area (Å²) in [6.45, 7) is 0.302. The third-order valence-electron chi connectivity index (χ3n) is 4.22. The van der Waals surface area contributed by atoms with Crippen LogP contribution >= 0.6 is 11.8 Å². The molecular weight excluding hydrogens is 339 g/mol. The van der Waals surface area contributed by atoms with Crippen LogP contribution in [0.5, 0.6) is 5.75 Å². The summed E-state index contributed by atoms with van der Waals surface area (Å²) in [7, 11) is 0. The highest BCUT2D eigenvalue weighted by Gasteiger charge is 2.32. The van der Waals surface area contributed by atoms with Gasteiger partial charge in [-0.15, -0.1) is 0 Å². The summed E-state index contributed by atoms with van der Waals surface area (Å²) in [6, 6.07) is 7.24. The smallest absolute Gasteiger partial charge is 0.416 e. The summed E-state index contributed by atoms with van der Waals surface area (Å²) in [4.78, 5) is 11.5. The van der Waals surface area contributed by atoms with E-state index in [4.69, 9.17) is 4.74 Å². The third-order valence-corrected chi connectivity index (χ3v) is 5.02. The number of carbonyl (C=O) groups excluding carboxylic acids is 1. The first-order chi connectivity index (χ1) is 11.4. The molecule has 3 nitrogen and oxygen atoms in total. The lowest BCUT2D eigenvalue weighted by molar-refractivity contribution is -0.137. The first kappa shape index (κ1) is 15.4. The minimum atomic E-state index is -4.40. The van der Waals surface area contributed by atoms with E-state index in [-0.39, 0.29) is 11.0 Å². The molecule has 2 heterocycles. The average Bonchev–Trinajstić information content (AvgIpc) is 2.72. The molecule has 2 aromatic carbocycles. The maximum Gasteiger partial charge on any atom is 0.416 e. The second kappa shape index (κ2) is 5.44. The molecular formula is C17H12F3NO2S. The van der Waals surface area contributed by atoms with E-state index >= 15 is 0 Å². The molecule has 0 unspecified atom stereocenters. The summed E-state index contributed by atoms with van der Waals surface area (Å²) < 4.78 is 44.3. The molecule has 1 amide bonds. The average molecular weight is 351 g/mol. The van der Waals surface area contributed by atoms with Crippen LogP contribution in [0.25, 0.3) is 11.1 Å².